The van der Waals surface area contributed by atoms with Crippen molar-refractivity contribution in [1.29, 1.82) is 0 Å². The highest BCUT2D eigenvalue weighted by Crippen LogP contribution is 1.93. The maximum Gasteiger partial charge on any atom is 0.0186 e. The van der Waals surface area contributed by atoms with Crippen LogP contribution in [0.2, 0.25) is 0 Å². The minimum atomic E-state index is 0.181. The van der Waals surface area contributed by atoms with Crippen molar-refractivity contribution in [3.63, 3.8) is 0 Å². The molecule has 0 unspecified atom stereocenters. The van der Waals surface area contributed by atoms with E-state index in [9.17, 15) is 0 Å². The molecule has 1 atom stereocenters. The van der Waals surface area contributed by atoms with E-state index in [1.165, 1.54) is 0 Å². The van der Waals surface area contributed by atoms with Crippen LogP contribution in [0.3, 0.4) is 0 Å². The molecule has 4 N–H and O–H groups in total. The zero-order valence-corrected chi connectivity index (χ0v) is 5.02. The average molecular weight is 102 g/mol. The zero-order valence-electron chi connectivity index (χ0n) is 5.02. The lowest BCUT2D eigenvalue weighted by atomic mass is 10.1. The fraction of sp³-hybridized carbons (Fsp3) is 1.00. The third-order valence-corrected chi connectivity index (χ3v) is 1.13. The van der Waals surface area contributed by atoms with Crippen molar-refractivity contribution in [2.24, 2.45) is 17.4 Å². The van der Waals surface area contributed by atoms with Crippen molar-refractivity contribution in [2.45, 2.75) is 19.9 Å². The third-order valence-electron chi connectivity index (χ3n) is 1.13. The molecule has 0 aliphatic carbocycles. The maximum atomic E-state index is 5.49. The second kappa shape index (κ2) is 2.99. The van der Waals surface area contributed by atoms with Gasteiger partial charge in [-0.1, -0.05) is 13.8 Å². The summed E-state index contributed by atoms with van der Waals surface area (Å²) >= 11 is 0. The molecule has 0 saturated carbocycles. The highest BCUT2D eigenvalue weighted by atomic mass is 14.7. The lowest BCUT2D eigenvalue weighted by Gasteiger charge is -2.10. The monoisotopic (exact) mass is 102 g/mol. The predicted octanol–water partition coefficient (Wildman–Crippen LogP) is -0.0716. The van der Waals surface area contributed by atoms with Gasteiger partial charge >= 0.3 is 0 Å². The van der Waals surface area contributed by atoms with Gasteiger partial charge in [0.2, 0.25) is 0 Å². The van der Waals surface area contributed by atoms with Crippen LogP contribution >= 0.6 is 0 Å². The average Bonchev–Trinajstić information content (AvgIpc) is 1.65. The summed E-state index contributed by atoms with van der Waals surface area (Å²) in [7, 11) is 0. The number of nitrogens with two attached hydrogens (primary N) is 2. The van der Waals surface area contributed by atoms with E-state index in [1.54, 1.807) is 0 Å². The summed E-state index contributed by atoms with van der Waals surface area (Å²) in [6, 6.07) is 0.181. The molecule has 0 rings (SSSR count). The van der Waals surface area contributed by atoms with E-state index in [-0.39, 0.29) is 6.04 Å². The number of hydrogen-bond acceptors (Lipinski definition) is 2. The van der Waals surface area contributed by atoms with Crippen molar-refractivity contribution in [1.82, 2.24) is 0 Å². The highest BCUT2D eigenvalue weighted by Gasteiger charge is 2.01. The molecule has 0 aromatic heterocycles. The van der Waals surface area contributed by atoms with Gasteiger partial charge in [0.15, 0.2) is 0 Å². The number of rotatable bonds is 2. The molecule has 44 valence electrons. The van der Waals surface area contributed by atoms with Gasteiger partial charge in [-0.25, -0.2) is 0 Å². The molecule has 0 fully saturated rings. The second-order valence-electron chi connectivity index (χ2n) is 2.14. The molecular formula is C5H14N2. The Morgan fingerprint density at radius 3 is 1.86 bits per heavy atom. The molecule has 0 aliphatic rings. The summed E-state index contributed by atoms with van der Waals surface area (Å²) in [5.41, 5.74) is 10.7. The highest BCUT2D eigenvalue weighted by molar-refractivity contribution is 4.64. The molecule has 0 aliphatic heterocycles. The van der Waals surface area contributed by atoms with Gasteiger partial charge in [0.1, 0.15) is 0 Å². The van der Waals surface area contributed by atoms with E-state index >= 15 is 0 Å². The van der Waals surface area contributed by atoms with Crippen molar-refractivity contribution in [3.8, 4) is 0 Å². The van der Waals surface area contributed by atoms with Crippen LogP contribution in [0.15, 0.2) is 0 Å². The first-order valence-corrected chi connectivity index (χ1v) is 2.64. The van der Waals surface area contributed by atoms with Gasteiger partial charge in [-0.05, 0) is 5.92 Å². The van der Waals surface area contributed by atoms with Crippen LogP contribution in [-0.4, -0.2) is 12.6 Å². The fourth-order valence-electron chi connectivity index (χ4n) is 0.272. The smallest absolute Gasteiger partial charge is 0.0186 e. The Kier molecular flexibility index (Phi) is 2.96. The molecule has 2 nitrogen and oxygen atoms in total. The molecule has 0 spiro atoms. The standard InChI is InChI=1S/C5H14N2/c1-4(2)5(7)3-6/h4-5H,3,6-7H2,1-2H3/t5-/m0/s1. The SMILES string of the molecule is CC(C)[C@@H](N)CN. The van der Waals surface area contributed by atoms with E-state index in [4.69, 9.17) is 11.5 Å². The summed E-state index contributed by atoms with van der Waals surface area (Å²) in [4.78, 5) is 0. The van der Waals surface area contributed by atoms with Gasteiger partial charge in [-0.2, -0.15) is 0 Å². The molecule has 0 radical (unpaired) electrons. The summed E-state index contributed by atoms with van der Waals surface area (Å²) in [6.07, 6.45) is 0. The van der Waals surface area contributed by atoms with Gasteiger partial charge < -0.3 is 11.5 Å². The summed E-state index contributed by atoms with van der Waals surface area (Å²) < 4.78 is 0. The maximum absolute atomic E-state index is 5.49. The quantitative estimate of drug-likeness (QED) is 0.512. The molecular weight excluding hydrogens is 88.1 g/mol. The fourth-order valence-corrected chi connectivity index (χ4v) is 0.272. The molecule has 7 heavy (non-hydrogen) atoms. The number of hydrogen-bond donors (Lipinski definition) is 2. The van der Waals surface area contributed by atoms with E-state index in [0.717, 1.165) is 0 Å². The molecule has 2 heteroatoms. The van der Waals surface area contributed by atoms with Crippen LogP contribution in [0.25, 0.3) is 0 Å². The van der Waals surface area contributed by atoms with Crippen molar-refractivity contribution < 1.29 is 0 Å². The Balaban J connectivity index is 3.14. The second-order valence-corrected chi connectivity index (χ2v) is 2.14. The van der Waals surface area contributed by atoms with Gasteiger partial charge in [-0.15, -0.1) is 0 Å². The van der Waals surface area contributed by atoms with Crippen molar-refractivity contribution in [2.75, 3.05) is 6.54 Å². The lowest BCUT2D eigenvalue weighted by molar-refractivity contribution is 0.501. The Labute approximate surface area is 44.9 Å². The zero-order chi connectivity index (χ0) is 5.86. The minimum Gasteiger partial charge on any atom is -0.329 e. The summed E-state index contributed by atoms with van der Waals surface area (Å²) in [5.74, 6) is 0.519. The topological polar surface area (TPSA) is 52.0 Å². The normalized spacial score (nSPS) is 15.0. The third kappa shape index (κ3) is 2.60. The lowest BCUT2D eigenvalue weighted by Crippen LogP contribution is -2.34. The van der Waals surface area contributed by atoms with Crippen LogP contribution < -0.4 is 11.5 Å². The Hall–Kier alpha value is -0.0800. The van der Waals surface area contributed by atoms with Crippen LogP contribution in [0.4, 0.5) is 0 Å². The molecule has 0 heterocycles. The summed E-state index contributed by atoms with van der Waals surface area (Å²) in [6.45, 7) is 4.73. The molecule has 0 aromatic carbocycles. The molecule has 0 aromatic rings. The van der Waals surface area contributed by atoms with Crippen LogP contribution in [0.5, 0.6) is 0 Å². The first kappa shape index (κ1) is 6.92. The Morgan fingerprint density at radius 2 is 1.86 bits per heavy atom. The molecule has 0 saturated heterocycles. The molecule has 0 amide bonds. The predicted molar refractivity (Wildman–Crippen MR) is 31.9 cm³/mol. The Morgan fingerprint density at radius 1 is 1.43 bits per heavy atom. The van der Waals surface area contributed by atoms with E-state index < -0.39 is 0 Å². The van der Waals surface area contributed by atoms with Crippen LogP contribution in [0.1, 0.15) is 13.8 Å². The first-order valence-electron chi connectivity index (χ1n) is 2.64. The van der Waals surface area contributed by atoms with Crippen LogP contribution in [-0.2, 0) is 0 Å². The van der Waals surface area contributed by atoms with E-state index in [2.05, 4.69) is 13.8 Å². The van der Waals surface area contributed by atoms with Crippen molar-refractivity contribution >= 4 is 0 Å². The van der Waals surface area contributed by atoms with Crippen LogP contribution in [0, 0.1) is 5.92 Å². The minimum absolute atomic E-state index is 0.181. The van der Waals surface area contributed by atoms with Gasteiger partial charge in [0, 0.05) is 12.6 Å². The van der Waals surface area contributed by atoms with Gasteiger partial charge in [-0.3, -0.25) is 0 Å². The van der Waals surface area contributed by atoms with Crippen molar-refractivity contribution in [3.05, 3.63) is 0 Å². The van der Waals surface area contributed by atoms with E-state index in [0.29, 0.717) is 12.5 Å². The molecule has 0 bridgehead atoms. The van der Waals surface area contributed by atoms with Gasteiger partial charge in [0.25, 0.3) is 0 Å². The first-order chi connectivity index (χ1) is 3.18. The van der Waals surface area contributed by atoms with Gasteiger partial charge in [0.05, 0.1) is 0 Å². The van der Waals surface area contributed by atoms with E-state index in [1.807, 2.05) is 0 Å². The largest absolute Gasteiger partial charge is 0.329 e. The summed E-state index contributed by atoms with van der Waals surface area (Å²) in [5, 5.41) is 0. The Bertz CT molecular complexity index is 43.3.